The number of rotatable bonds is 6. The van der Waals surface area contributed by atoms with Gasteiger partial charge in [-0.15, -0.1) is 0 Å². The summed E-state index contributed by atoms with van der Waals surface area (Å²) in [6.07, 6.45) is 1.46. The van der Waals surface area contributed by atoms with E-state index in [1.54, 1.807) is 18.2 Å². The lowest BCUT2D eigenvalue weighted by Crippen LogP contribution is -2.32. The maximum atomic E-state index is 12.0. The summed E-state index contributed by atoms with van der Waals surface area (Å²) in [4.78, 5) is 25.9. The molecule has 8 nitrogen and oxygen atoms in total. The van der Waals surface area contributed by atoms with Crippen LogP contribution in [0.5, 0.6) is 11.5 Å². The second-order valence-corrected chi connectivity index (χ2v) is 5.71. The molecule has 0 fully saturated rings. The third-order valence-electron chi connectivity index (χ3n) is 3.65. The summed E-state index contributed by atoms with van der Waals surface area (Å²) >= 11 is 0. The third-order valence-corrected chi connectivity index (χ3v) is 3.65. The SMILES string of the molecule is COc1ccc(NC(=O)C(=O)N/N=C\c2ccc(N(C)C)cc2)c(OC)c1. The Morgan fingerprint density at radius 2 is 1.70 bits per heavy atom. The van der Waals surface area contributed by atoms with Crippen molar-refractivity contribution >= 4 is 29.4 Å². The van der Waals surface area contributed by atoms with Gasteiger partial charge >= 0.3 is 11.8 Å². The van der Waals surface area contributed by atoms with E-state index < -0.39 is 11.8 Å². The molecule has 2 amide bonds. The Hall–Kier alpha value is -3.55. The molecular formula is C19H22N4O4. The molecule has 0 aromatic heterocycles. The van der Waals surface area contributed by atoms with Gasteiger partial charge in [-0.05, 0) is 29.8 Å². The lowest BCUT2D eigenvalue weighted by Gasteiger charge is -2.11. The second-order valence-electron chi connectivity index (χ2n) is 5.71. The first-order chi connectivity index (χ1) is 12.9. The minimum Gasteiger partial charge on any atom is -0.497 e. The fourth-order valence-electron chi connectivity index (χ4n) is 2.16. The van der Waals surface area contributed by atoms with Crippen LogP contribution in [0.4, 0.5) is 11.4 Å². The number of hydrazone groups is 1. The van der Waals surface area contributed by atoms with Crippen molar-refractivity contribution in [3.05, 3.63) is 48.0 Å². The number of hydrogen-bond acceptors (Lipinski definition) is 6. The van der Waals surface area contributed by atoms with Crippen molar-refractivity contribution in [2.45, 2.75) is 0 Å². The average molecular weight is 370 g/mol. The molecule has 0 unspecified atom stereocenters. The van der Waals surface area contributed by atoms with Crippen molar-refractivity contribution in [3.63, 3.8) is 0 Å². The maximum Gasteiger partial charge on any atom is 0.329 e. The monoisotopic (exact) mass is 370 g/mol. The van der Waals surface area contributed by atoms with Gasteiger partial charge in [-0.25, -0.2) is 5.43 Å². The van der Waals surface area contributed by atoms with Crippen LogP contribution in [0.3, 0.4) is 0 Å². The molecule has 0 aliphatic heterocycles. The maximum absolute atomic E-state index is 12.0. The van der Waals surface area contributed by atoms with Crippen LogP contribution < -0.4 is 25.1 Å². The highest BCUT2D eigenvalue weighted by Gasteiger charge is 2.15. The van der Waals surface area contributed by atoms with Gasteiger partial charge in [0.2, 0.25) is 0 Å². The van der Waals surface area contributed by atoms with Crippen molar-refractivity contribution in [3.8, 4) is 11.5 Å². The first kappa shape index (κ1) is 19.8. The highest BCUT2D eigenvalue weighted by molar-refractivity contribution is 6.39. The van der Waals surface area contributed by atoms with Crippen molar-refractivity contribution in [2.75, 3.05) is 38.5 Å². The van der Waals surface area contributed by atoms with Gasteiger partial charge in [-0.3, -0.25) is 9.59 Å². The average Bonchev–Trinajstić information content (AvgIpc) is 2.68. The molecule has 0 bridgehead atoms. The van der Waals surface area contributed by atoms with Gasteiger partial charge in [0.25, 0.3) is 0 Å². The zero-order valence-electron chi connectivity index (χ0n) is 15.6. The van der Waals surface area contributed by atoms with E-state index in [-0.39, 0.29) is 0 Å². The van der Waals surface area contributed by atoms with Crippen LogP contribution in [0.15, 0.2) is 47.6 Å². The predicted octanol–water partition coefficient (Wildman–Crippen LogP) is 1.86. The largest absolute Gasteiger partial charge is 0.497 e. The van der Waals surface area contributed by atoms with Crippen LogP contribution in [0.2, 0.25) is 0 Å². The Kier molecular flexibility index (Phi) is 6.76. The fourth-order valence-corrected chi connectivity index (χ4v) is 2.16. The number of ether oxygens (including phenoxy) is 2. The van der Waals surface area contributed by atoms with Gasteiger partial charge in [0.15, 0.2) is 0 Å². The molecule has 0 aliphatic carbocycles. The zero-order valence-corrected chi connectivity index (χ0v) is 15.6. The summed E-state index contributed by atoms with van der Waals surface area (Å²) in [6, 6.07) is 12.4. The highest BCUT2D eigenvalue weighted by Crippen LogP contribution is 2.28. The molecule has 2 N–H and O–H groups in total. The molecule has 0 atom stereocenters. The van der Waals surface area contributed by atoms with Crippen molar-refractivity contribution < 1.29 is 19.1 Å². The second kappa shape index (κ2) is 9.23. The van der Waals surface area contributed by atoms with Gasteiger partial charge in [0.05, 0.1) is 26.1 Å². The number of hydrogen-bond donors (Lipinski definition) is 2. The number of carbonyl (C=O) groups is 2. The number of nitrogens with zero attached hydrogens (tertiary/aromatic N) is 2. The molecule has 2 rings (SSSR count). The lowest BCUT2D eigenvalue weighted by molar-refractivity contribution is -0.136. The molecule has 2 aromatic carbocycles. The van der Waals surface area contributed by atoms with Crippen LogP contribution in [0.25, 0.3) is 0 Å². The van der Waals surface area contributed by atoms with E-state index in [0.29, 0.717) is 17.2 Å². The molecule has 0 spiro atoms. The van der Waals surface area contributed by atoms with E-state index in [0.717, 1.165) is 11.3 Å². The van der Waals surface area contributed by atoms with Gasteiger partial charge in [-0.2, -0.15) is 5.10 Å². The minimum absolute atomic E-state index is 0.349. The molecule has 0 aliphatic rings. The van der Waals surface area contributed by atoms with Gasteiger partial charge in [0, 0.05) is 25.8 Å². The van der Waals surface area contributed by atoms with Gasteiger partial charge < -0.3 is 19.7 Å². The molecular weight excluding hydrogens is 348 g/mol. The Labute approximate surface area is 157 Å². The summed E-state index contributed by atoms with van der Waals surface area (Å²) < 4.78 is 10.3. The van der Waals surface area contributed by atoms with Gasteiger partial charge in [0.1, 0.15) is 11.5 Å². The van der Waals surface area contributed by atoms with E-state index in [9.17, 15) is 9.59 Å². The Balaban J connectivity index is 1.94. The highest BCUT2D eigenvalue weighted by atomic mass is 16.5. The summed E-state index contributed by atoms with van der Waals surface area (Å²) in [5, 5.41) is 6.27. The van der Waals surface area contributed by atoms with E-state index in [1.165, 1.54) is 20.4 Å². The lowest BCUT2D eigenvalue weighted by atomic mass is 10.2. The van der Waals surface area contributed by atoms with E-state index in [4.69, 9.17) is 9.47 Å². The third kappa shape index (κ3) is 5.46. The zero-order chi connectivity index (χ0) is 19.8. The van der Waals surface area contributed by atoms with Crippen LogP contribution in [0.1, 0.15) is 5.56 Å². The number of nitrogens with one attached hydrogen (secondary N) is 2. The van der Waals surface area contributed by atoms with Crippen LogP contribution in [0, 0.1) is 0 Å². The topological polar surface area (TPSA) is 92.3 Å². The molecule has 0 saturated carbocycles. The first-order valence-electron chi connectivity index (χ1n) is 8.08. The first-order valence-corrected chi connectivity index (χ1v) is 8.08. The Morgan fingerprint density at radius 3 is 2.30 bits per heavy atom. The number of amides is 2. The summed E-state index contributed by atoms with van der Waals surface area (Å²) in [5.74, 6) is -0.813. The number of methoxy groups -OCH3 is 2. The molecule has 0 heterocycles. The molecule has 0 radical (unpaired) electrons. The van der Waals surface area contributed by atoms with Crippen LogP contribution in [-0.2, 0) is 9.59 Å². The predicted molar refractivity (Wildman–Crippen MR) is 105 cm³/mol. The smallest absolute Gasteiger partial charge is 0.329 e. The van der Waals surface area contributed by atoms with Crippen molar-refractivity contribution in [1.29, 1.82) is 0 Å². The number of benzene rings is 2. The molecule has 2 aromatic rings. The van der Waals surface area contributed by atoms with Crippen LogP contribution >= 0.6 is 0 Å². The number of carbonyl (C=O) groups excluding carboxylic acids is 2. The van der Waals surface area contributed by atoms with E-state index in [2.05, 4.69) is 15.8 Å². The van der Waals surface area contributed by atoms with Crippen molar-refractivity contribution in [2.24, 2.45) is 5.10 Å². The van der Waals surface area contributed by atoms with E-state index >= 15 is 0 Å². The summed E-state index contributed by atoms with van der Waals surface area (Å²) in [7, 11) is 6.86. The fraction of sp³-hybridized carbons (Fsp3) is 0.211. The van der Waals surface area contributed by atoms with Gasteiger partial charge in [-0.1, -0.05) is 12.1 Å². The quantitative estimate of drug-likeness (QED) is 0.460. The molecule has 8 heteroatoms. The molecule has 142 valence electrons. The number of anilines is 2. The van der Waals surface area contributed by atoms with E-state index in [1.807, 2.05) is 43.3 Å². The normalized spacial score (nSPS) is 10.4. The minimum atomic E-state index is -0.894. The van der Waals surface area contributed by atoms with Crippen LogP contribution in [-0.4, -0.2) is 46.3 Å². The standard InChI is InChI=1S/C19H22N4O4/c1-23(2)14-7-5-13(6-8-14)12-20-22-19(25)18(24)21-16-10-9-15(26-3)11-17(16)27-4/h5-12H,1-4H3,(H,21,24)(H,22,25)/b20-12-. The Morgan fingerprint density at radius 1 is 1.00 bits per heavy atom. The Bertz CT molecular complexity index is 832. The molecule has 27 heavy (non-hydrogen) atoms. The summed E-state index contributed by atoms with van der Waals surface area (Å²) in [6.45, 7) is 0. The van der Waals surface area contributed by atoms with Crippen molar-refractivity contribution in [1.82, 2.24) is 5.43 Å². The molecule has 0 saturated heterocycles. The summed E-state index contributed by atoms with van der Waals surface area (Å²) in [5.41, 5.74) is 4.38.